The Hall–Kier alpha value is -3.17. The summed E-state index contributed by atoms with van der Waals surface area (Å²) >= 11 is 0. The summed E-state index contributed by atoms with van der Waals surface area (Å²) < 4.78 is 1.62. The zero-order valence-electron chi connectivity index (χ0n) is 14.9. The van der Waals surface area contributed by atoms with Crippen LogP contribution < -0.4 is 21.4 Å². The number of fused-ring (bicyclic) bond motifs is 1. The molecule has 1 unspecified atom stereocenters. The van der Waals surface area contributed by atoms with Crippen LogP contribution in [-0.4, -0.2) is 53.8 Å². The number of aromatic amines is 2. The normalized spacial score (nSPS) is 21.7. The van der Waals surface area contributed by atoms with Gasteiger partial charge in [-0.3, -0.25) is 4.98 Å². The largest absolute Gasteiger partial charge is 0.493 e. The summed E-state index contributed by atoms with van der Waals surface area (Å²) in [5.41, 5.74) is 0.954. The molecule has 10 nitrogen and oxygen atoms in total. The van der Waals surface area contributed by atoms with Gasteiger partial charge < -0.3 is 15.0 Å². The Labute approximate surface area is 153 Å². The van der Waals surface area contributed by atoms with Gasteiger partial charge in [0.1, 0.15) is 5.69 Å². The number of H-pyrrole nitrogens is 2. The van der Waals surface area contributed by atoms with Crippen molar-refractivity contribution in [1.82, 2.24) is 29.5 Å². The second-order valence-corrected chi connectivity index (χ2v) is 7.34. The molecule has 10 heteroatoms. The number of aromatic nitrogens is 6. The number of rotatable bonds is 3. The van der Waals surface area contributed by atoms with Crippen molar-refractivity contribution in [1.29, 1.82) is 0 Å². The molecule has 1 atom stereocenters. The summed E-state index contributed by atoms with van der Waals surface area (Å²) in [5.74, 6) is 1.03. The minimum atomic E-state index is -0.471. The summed E-state index contributed by atoms with van der Waals surface area (Å²) in [7, 11) is 0. The van der Waals surface area contributed by atoms with Gasteiger partial charge in [-0.05, 0) is 31.3 Å². The van der Waals surface area contributed by atoms with Crippen LogP contribution in [0.15, 0.2) is 16.0 Å². The molecule has 0 bridgehead atoms. The first kappa shape index (κ1) is 16.0. The minimum absolute atomic E-state index is 0.218. The van der Waals surface area contributed by atoms with Gasteiger partial charge in [0.2, 0.25) is 11.8 Å². The van der Waals surface area contributed by atoms with Gasteiger partial charge in [-0.2, -0.15) is 19.6 Å². The maximum Gasteiger partial charge on any atom is 0.326 e. The van der Waals surface area contributed by atoms with E-state index in [0.29, 0.717) is 34.4 Å². The minimum Gasteiger partial charge on any atom is -0.493 e. The molecule has 2 aliphatic rings. The molecule has 1 saturated carbocycles. The Morgan fingerprint density at radius 2 is 2.15 bits per heavy atom. The third-order valence-corrected chi connectivity index (χ3v) is 4.95. The standard InChI is InChI=1S/C17H20N8O2/c1-9-4-5-24(8-9)15-21-13-10(6-12-14(26)22-17(27)20-12)7-18-25(13)16(23-15)19-11-2-3-11/h6-7,9,11,26H,2-5,8H2,1H3,(H2,20,22,27)/b10-6-,19-16?. The lowest BCUT2D eigenvalue weighted by Gasteiger charge is -2.15. The van der Waals surface area contributed by atoms with Crippen LogP contribution in [0.4, 0.5) is 5.95 Å². The summed E-state index contributed by atoms with van der Waals surface area (Å²) in [5, 5.41) is 14.9. The molecule has 1 aliphatic carbocycles. The van der Waals surface area contributed by atoms with Gasteiger partial charge in [0.05, 0.1) is 12.2 Å². The van der Waals surface area contributed by atoms with E-state index in [2.05, 4.69) is 36.9 Å². The fraction of sp³-hybridized carbons (Fsp3) is 0.471. The number of nitrogens with zero attached hydrogens (tertiary/aromatic N) is 6. The molecule has 3 aromatic heterocycles. The van der Waals surface area contributed by atoms with Crippen LogP contribution in [0.5, 0.6) is 5.88 Å². The molecule has 3 aromatic rings. The van der Waals surface area contributed by atoms with Crippen molar-refractivity contribution in [3.05, 3.63) is 33.2 Å². The first-order chi connectivity index (χ1) is 13.1. The quantitative estimate of drug-likeness (QED) is 0.561. The van der Waals surface area contributed by atoms with Crippen LogP contribution in [-0.2, 0) is 0 Å². The molecule has 27 heavy (non-hydrogen) atoms. The second kappa shape index (κ2) is 5.93. The van der Waals surface area contributed by atoms with Crippen molar-refractivity contribution < 1.29 is 5.11 Å². The van der Waals surface area contributed by atoms with E-state index < -0.39 is 5.69 Å². The van der Waals surface area contributed by atoms with Crippen molar-refractivity contribution in [2.75, 3.05) is 18.0 Å². The van der Waals surface area contributed by atoms with Crippen LogP contribution in [0.2, 0.25) is 0 Å². The predicted molar refractivity (Wildman–Crippen MR) is 97.2 cm³/mol. The van der Waals surface area contributed by atoms with E-state index in [-0.39, 0.29) is 11.6 Å². The SMILES string of the molecule is CC1CCN(c2nc(=NC3CC3)n3nc/c(=C/c4[nH]c(=O)[nH]c4O)c3n2)C1. The van der Waals surface area contributed by atoms with Gasteiger partial charge in [-0.15, -0.1) is 0 Å². The first-order valence-corrected chi connectivity index (χ1v) is 9.14. The smallest absolute Gasteiger partial charge is 0.326 e. The van der Waals surface area contributed by atoms with Crippen molar-refractivity contribution in [3.8, 4) is 5.88 Å². The van der Waals surface area contributed by atoms with Gasteiger partial charge >= 0.3 is 5.69 Å². The van der Waals surface area contributed by atoms with E-state index in [4.69, 9.17) is 4.98 Å². The maximum absolute atomic E-state index is 11.4. The highest BCUT2D eigenvalue weighted by molar-refractivity contribution is 5.57. The van der Waals surface area contributed by atoms with Crippen molar-refractivity contribution in [3.63, 3.8) is 0 Å². The van der Waals surface area contributed by atoms with E-state index in [1.165, 1.54) is 0 Å². The highest BCUT2D eigenvalue weighted by Gasteiger charge is 2.24. The Morgan fingerprint density at radius 1 is 1.30 bits per heavy atom. The van der Waals surface area contributed by atoms with E-state index in [1.54, 1.807) is 16.8 Å². The molecule has 3 N–H and O–H groups in total. The molecule has 1 aliphatic heterocycles. The first-order valence-electron chi connectivity index (χ1n) is 9.14. The van der Waals surface area contributed by atoms with Crippen LogP contribution in [0.25, 0.3) is 11.7 Å². The van der Waals surface area contributed by atoms with Crippen LogP contribution in [0.1, 0.15) is 31.9 Å². The fourth-order valence-corrected chi connectivity index (χ4v) is 3.33. The van der Waals surface area contributed by atoms with Crippen LogP contribution in [0, 0.1) is 5.92 Å². The third-order valence-electron chi connectivity index (χ3n) is 4.95. The van der Waals surface area contributed by atoms with Crippen molar-refractivity contribution >= 4 is 17.7 Å². The maximum atomic E-state index is 11.4. The Morgan fingerprint density at radius 3 is 2.81 bits per heavy atom. The lowest BCUT2D eigenvalue weighted by Crippen LogP contribution is -2.29. The van der Waals surface area contributed by atoms with Crippen LogP contribution >= 0.6 is 0 Å². The van der Waals surface area contributed by atoms with Crippen molar-refractivity contribution in [2.24, 2.45) is 10.9 Å². The van der Waals surface area contributed by atoms with Gasteiger partial charge in [0, 0.05) is 18.3 Å². The number of hydrogen-bond acceptors (Lipinski definition) is 7. The molecule has 140 valence electrons. The summed E-state index contributed by atoms with van der Waals surface area (Å²) in [6.45, 7) is 4.05. The zero-order valence-corrected chi connectivity index (χ0v) is 14.9. The summed E-state index contributed by atoms with van der Waals surface area (Å²) in [4.78, 5) is 32.5. The number of imidazole rings is 1. The average molecular weight is 368 g/mol. The number of anilines is 1. The Bertz CT molecular complexity index is 1190. The number of aromatic hydroxyl groups is 1. The monoisotopic (exact) mass is 368 g/mol. The van der Waals surface area contributed by atoms with Crippen LogP contribution in [0.3, 0.4) is 0 Å². The number of hydrogen-bond donors (Lipinski definition) is 3. The molecule has 0 radical (unpaired) electrons. The zero-order chi connectivity index (χ0) is 18.5. The molecule has 5 rings (SSSR count). The molecule has 4 heterocycles. The predicted octanol–water partition coefficient (Wildman–Crippen LogP) is -0.697. The summed E-state index contributed by atoms with van der Waals surface area (Å²) in [6.07, 6.45) is 6.53. The van der Waals surface area contributed by atoms with Gasteiger partial charge in [-0.25, -0.2) is 9.79 Å². The Balaban J connectivity index is 1.71. The number of nitrogens with one attached hydrogen (secondary N) is 2. The lowest BCUT2D eigenvalue weighted by molar-refractivity contribution is 0.454. The summed E-state index contributed by atoms with van der Waals surface area (Å²) in [6, 6.07) is 0.301. The molecule has 0 spiro atoms. The molecule has 0 amide bonds. The fourth-order valence-electron chi connectivity index (χ4n) is 3.33. The van der Waals surface area contributed by atoms with Gasteiger partial charge in [0.25, 0.3) is 5.62 Å². The molecule has 2 fully saturated rings. The molecular weight excluding hydrogens is 348 g/mol. The topological polar surface area (TPSA) is 128 Å². The molecule has 0 aromatic carbocycles. The molecular formula is C17H20N8O2. The van der Waals surface area contributed by atoms with E-state index in [9.17, 15) is 9.90 Å². The van der Waals surface area contributed by atoms with E-state index >= 15 is 0 Å². The highest BCUT2D eigenvalue weighted by Crippen LogP contribution is 2.23. The molecule has 1 saturated heterocycles. The van der Waals surface area contributed by atoms with Gasteiger partial charge in [0.15, 0.2) is 5.65 Å². The lowest BCUT2D eigenvalue weighted by atomic mass is 10.2. The third kappa shape index (κ3) is 2.96. The highest BCUT2D eigenvalue weighted by atomic mass is 16.3. The Kier molecular flexibility index (Phi) is 3.52. The second-order valence-electron chi connectivity index (χ2n) is 7.34. The van der Waals surface area contributed by atoms with E-state index in [1.807, 2.05) is 0 Å². The van der Waals surface area contributed by atoms with Gasteiger partial charge in [-0.1, -0.05) is 6.92 Å². The van der Waals surface area contributed by atoms with Crippen molar-refractivity contribution in [2.45, 2.75) is 32.2 Å². The average Bonchev–Trinajstić information content (AvgIpc) is 3.04. The van der Waals surface area contributed by atoms with E-state index in [0.717, 1.165) is 32.4 Å².